The van der Waals surface area contributed by atoms with E-state index in [1.54, 1.807) is 6.33 Å². The first-order valence-electron chi connectivity index (χ1n) is 6.43. The van der Waals surface area contributed by atoms with E-state index in [4.69, 9.17) is 0 Å². The van der Waals surface area contributed by atoms with Crippen molar-refractivity contribution >= 4 is 27.4 Å². The second kappa shape index (κ2) is 3.67. The summed E-state index contributed by atoms with van der Waals surface area (Å²) in [4.78, 5) is 11.6. The van der Waals surface area contributed by atoms with Gasteiger partial charge in [-0.15, -0.1) is 11.3 Å². The fourth-order valence-electron chi connectivity index (χ4n) is 2.78. The molecule has 0 unspecified atom stereocenters. The second-order valence-electron chi connectivity index (χ2n) is 5.03. The first kappa shape index (κ1) is 9.83. The van der Waals surface area contributed by atoms with Gasteiger partial charge in [-0.1, -0.05) is 0 Å². The van der Waals surface area contributed by atoms with Gasteiger partial charge in [0.25, 0.3) is 0 Å². The van der Waals surface area contributed by atoms with Crippen LogP contribution in [0.2, 0.25) is 0 Å². The van der Waals surface area contributed by atoms with Crippen LogP contribution in [0.1, 0.15) is 36.1 Å². The molecular weight excluding hydrogens is 230 g/mol. The molecule has 2 heterocycles. The Balaban J connectivity index is 1.84. The van der Waals surface area contributed by atoms with E-state index in [1.165, 1.54) is 59.2 Å². The van der Waals surface area contributed by atoms with Crippen molar-refractivity contribution in [1.82, 2.24) is 9.97 Å². The van der Waals surface area contributed by atoms with Crippen molar-refractivity contribution in [3.63, 3.8) is 0 Å². The number of hydrogen-bond donors (Lipinski definition) is 1. The molecule has 2 aromatic rings. The molecule has 0 spiro atoms. The molecule has 88 valence electrons. The number of rotatable bonds is 2. The number of anilines is 1. The quantitative estimate of drug-likeness (QED) is 0.883. The molecule has 2 aromatic heterocycles. The molecule has 0 radical (unpaired) electrons. The predicted octanol–water partition coefficient (Wildman–Crippen LogP) is 3.14. The van der Waals surface area contributed by atoms with Crippen LogP contribution in [-0.2, 0) is 12.8 Å². The Labute approximate surface area is 104 Å². The van der Waals surface area contributed by atoms with Crippen LogP contribution < -0.4 is 5.32 Å². The Morgan fingerprint density at radius 2 is 2.12 bits per heavy atom. The highest BCUT2D eigenvalue weighted by Gasteiger charge is 2.23. The summed E-state index contributed by atoms with van der Waals surface area (Å²) >= 11 is 1.86. The van der Waals surface area contributed by atoms with Crippen molar-refractivity contribution in [3.8, 4) is 0 Å². The molecule has 4 rings (SSSR count). The third-order valence-corrected chi connectivity index (χ3v) is 5.15. The zero-order valence-corrected chi connectivity index (χ0v) is 10.5. The van der Waals surface area contributed by atoms with Gasteiger partial charge in [0.15, 0.2) is 0 Å². The highest BCUT2D eigenvalue weighted by Crippen LogP contribution is 2.39. The van der Waals surface area contributed by atoms with E-state index in [0.717, 1.165) is 5.82 Å². The van der Waals surface area contributed by atoms with Crippen LogP contribution in [0, 0.1) is 0 Å². The largest absolute Gasteiger partial charge is 0.367 e. The van der Waals surface area contributed by atoms with E-state index in [1.807, 2.05) is 11.3 Å². The van der Waals surface area contributed by atoms with Crippen LogP contribution in [0.5, 0.6) is 0 Å². The molecule has 3 nitrogen and oxygen atoms in total. The molecule has 2 aliphatic carbocycles. The van der Waals surface area contributed by atoms with Gasteiger partial charge in [0.1, 0.15) is 17.0 Å². The van der Waals surface area contributed by atoms with Crippen molar-refractivity contribution in [1.29, 1.82) is 0 Å². The van der Waals surface area contributed by atoms with E-state index in [0.29, 0.717) is 6.04 Å². The summed E-state index contributed by atoms with van der Waals surface area (Å²) in [7, 11) is 0. The van der Waals surface area contributed by atoms with Crippen LogP contribution in [0.25, 0.3) is 10.2 Å². The molecule has 0 aromatic carbocycles. The molecular formula is C13H15N3S. The van der Waals surface area contributed by atoms with Crippen LogP contribution in [-0.4, -0.2) is 16.0 Å². The lowest BCUT2D eigenvalue weighted by molar-refractivity contribution is 0.445. The highest BCUT2D eigenvalue weighted by molar-refractivity contribution is 7.19. The average molecular weight is 245 g/mol. The van der Waals surface area contributed by atoms with Crippen molar-refractivity contribution in [2.24, 2.45) is 0 Å². The minimum atomic E-state index is 0.644. The summed E-state index contributed by atoms with van der Waals surface area (Å²) in [6.45, 7) is 0. The van der Waals surface area contributed by atoms with Crippen LogP contribution in [0.15, 0.2) is 6.33 Å². The fourth-order valence-corrected chi connectivity index (χ4v) is 4.01. The Bertz CT molecular complexity index is 571. The van der Waals surface area contributed by atoms with Crippen LogP contribution >= 0.6 is 11.3 Å². The number of hydrogen-bond acceptors (Lipinski definition) is 4. The number of fused-ring (bicyclic) bond motifs is 3. The summed E-state index contributed by atoms with van der Waals surface area (Å²) in [5.41, 5.74) is 1.52. The van der Waals surface area contributed by atoms with Gasteiger partial charge in [-0.25, -0.2) is 9.97 Å². The molecule has 0 amide bonds. The number of thiophene rings is 1. The fraction of sp³-hybridized carbons (Fsp3) is 0.538. The van der Waals surface area contributed by atoms with Gasteiger partial charge >= 0.3 is 0 Å². The van der Waals surface area contributed by atoms with E-state index in [-0.39, 0.29) is 0 Å². The summed E-state index contributed by atoms with van der Waals surface area (Å²) in [6, 6.07) is 0.644. The van der Waals surface area contributed by atoms with Gasteiger partial charge < -0.3 is 5.32 Å². The molecule has 1 fully saturated rings. The smallest absolute Gasteiger partial charge is 0.138 e. The van der Waals surface area contributed by atoms with E-state index in [9.17, 15) is 0 Å². The predicted molar refractivity (Wildman–Crippen MR) is 70.7 cm³/mol. The van der Waals surface area contributed by atoms with Gasteiger partial charge in [-0.2, -0.15) is 0 Å². The zero-order valence-electron chi connectivity index (χ0n) is 9.70. The number of aromatic nitrogens is 2. The topological polar surface area (TPSA) is 37.8 Å². The summed E-state index contributed by atoms with van der Waals surface area (Å²) < 4.78 is 0. The molecule has 17 heavy (non-hydrogen) atoms. The lowest BCUT2D eigenvalue weighted by Gasteiger charge is -2.27. The molecule has 0 aliphatic heterocycles. The lowest BCUT2D eigenvalue weighted by atomic mass is 9.93. The number of nitrogens with zero attached hydrogens (tertiary/aromatic N) is 2. The number of aryl methyl sites for hydroxylation is 2. The van der Waals surface area contributed by atoms with E-state index in [2.05, 4.69) is 15.3 Å². The molecule has 0 bridgehead atoms. The maximum atomic E-state index is 4.46. The Hall–Kier alpha value is -1.16. The minimum absolute atomic E-state index is 0.644. The van der Waals surface area contributed by atoms with Gasteiger partial charge in [0, 0.05) is 10.9 Å². The van der Waals surface area contributed by atoms with Crippen molar-refractivity contribution in [2.75, 3.05) is 5.32 Å². The van der Waals surface area contributed by atoms with Gasteiger partial charge in [0.2, 0.25) is 0 Å². The number of nitrogens with one attached hydrogen (secondary N) is 1. The monoisotopic (exact) mass is 245 g/mol. The summed E-state index contributed by atoms with van der Waals surface area (Å²) in [5, 5.41) is 4.91. The maximum absolute atomic E-state index is 4.46. The van der Waals surface area contributed by atoms with Crippen molar-refractivity contribution in [3.05, 3.63) is 16.8 Å². The Morgan fingerprint density at radius 3 is 2.94 bits per heavy atom. The maximum Gasteiger partial charge on any atom is 0.138 e. The molecule has 1 N–H and O–H groups in total. The first-order chi connectivity index (χ1) is 8.42. The van der Waals surface area contributed by atoms with Gasteiger partial charge in [-0.05, 0) is 44.1 Å². The standard InChI is InChI=1S/C13H15N3S/c1-3-8(4-1)16-12-11-9-5-2-6-10(9)17-13(11)15-7-14-12/h7-8H,1-6H2,(H,14,15,16). The first-order valence-corrected chi connectivity index (χ1v) is 7.25. The molecule has 1 saturated carbocycles. The molecule has 0 atom stereocenters. The van der Waals surface area contributed by atoms with Crippen LogP contribution in [0.4, 0.5) is 5.82 Å². The van der Waals surface area contributed by atoms with Gasteiger partial charge in [-0.3, -0.25) is 0 Å². The van der Waals surface area contributed by atoms with Gasteiger partial charge in [0.05, 0.1) is 5.39 Å². The van der Waals surface area contributed by atoms with Crippen LogP contribution in [0.3, 0.4) is 0 Å². The second-order valence-corrected chi connectivity index (χ2v) is 6.12. The van der Waals surface area contributed by atoms with Crippen molar-refractivity contribution in [2.45, 2.75) is 44.6 Å². The van der Waals surface area contributed by atoms with E-state index >= 15 is 0 Å². The normalized spacial score (nSPS) is 19.3. The lowest BCUT2D eigenvalue weighted by Crippen LogP contribution is -2.27. The summed E-state index contributed by atoms with van der Waals surface area (Å²) in [5.74, 6) is 1.08. The molecule has 0 saturated heterocycles. The molecule has 4 heteroatoms. The zero-order chi connectivity index (χ0) is 11.2. The third kappa shape index (κ3) is 1.47. The minimum Gasteiger partial charge on any atom is -0.367 e. The average Bonchev–Trinajstić information content (AvgIpc) is 2.82. The Kier molecular flexibility index (Phi) is 2.12. The summed E-state index contributed by atoms with van der Waals surface area (Å²) in [6.07, 6.45) is 9.38. The third-order valence-electron chi connectivity index (χ3n) is 3.95. The Morgan fingerprint density at radius 1 is 1.18 bits per heavy atom. The SMILES string of the molecule is c1nc(NC2CCC2)c2c3c(sc2n1)CCC3. The highest BCUT2D eigenvalue weighted by atomic mass is 32.1. The van der Waals surface area contributed by atoms with E-state index < -0.39 is 0 Å². The van der Waals surface area contributed by atoms with Crippen molar-refractivity contribution < 1.29 is 0 Å². The molecule has 2 aliphatic rings.